The van der Waals surface area contributed by atoms with Crippen molar-refractivity contribution in [2.75, 3.05) is 25.6 Å². The van der Waals surface area contributed by atoms with Crippen molar-refractivity contribution in [1.82, 2.24) is 5.43 Å². The molecule has 140 valence electrons. The molecule has 0 aromatic heterocycles. The predicted molar refractivity (Wildman–Crippen MR) is 92.6 cm³/mol. The van der Waals surface area contributed by atoms with E-state index in [-0.39, 0.29) is 0 Å². The van der Waals surface area contributed by atoms with Crippen molar-refractivity contribution >= 4 is 29.4 Å². The first-order chi connectivity index (χ1) is 11.7. The second-order valence-corrected chi connectivity index (χ2v) is 5.92. The van der Waals surface area contributed by atoms with Gasteiger partial charge in [-0.05, 0) is 18.2 Å². The number of amides is 1. The number of benzene rings is 1. The number of nitrogens with one attached hydrogen (secondary N) is 1. The van der Waals surface area contributed by atoms with Gasteiger partial charge in [0.2, 0.25) is 0 Å². The Morgan fingerprint density at radius 2 is 1.92 bits per heavy atom. The van der Waals surface area contributed by atoms with Crippen LogP contribution >= 0.6 is 11.6 Å². The van der Waals surface area contributed by atoms with Gasteiger partial charge >= 0.3 is 0 Å². The topological polar surface area (TPSA) is 146 Å². The smallest absolute Gasteiger partial charge is 0.271 e. The van der Waals surface area contributed by atoms with E-state index in [0.29, 0.717) is 10.6 Å². The van der Waals surface area contributed by atoms with Gasteiger partial charge in [0.25, 0.3) is 5.91 Å². The number of hydrogen-bond acceptors (Lipinski definition) is 8. The normalized spacial score (nSPS) is 16.3. The maximum Gasteiger partial charge on any atom is 0.271 e. The molecule has 0 saturated heterocycles. The molecule has 0 aliphatic carbocycles. The summed E-state index contributed by atoms with van der Waals surface area (Å²) >= 11 is 6.09. The molecule has 1 aromatic rings. The predicted octanol–water partition coefficient (Wildman–Crippen LogP) is -1.71. The van der Waals surface area contributed by atoms with Crippen molar-refractivity contribution in [1.29, 1.82) is 0 Å². The fraction of sp³-hybridized carbons (Fsp3) is 0.467. The molecule has 0 saturated carbocycles. The summed E-state index contributed by atoms with van der Waals surface area (Å²) in [6, 6.07) is 5.18. The number of aliphatic hydroxyl groups excluding tert-OH is 5. The average Bonchev–Trinajstić information content (AvgIpc) is 2.59. The Morgan fingerprint density at radius 1 is 1.28 bits per heavy atom. The molecule has 0 aliphatic heterocycles. The van der Waals surface area contributed by atoms with Crippen molar-refractivity contribution in [3.8, 4) is 0 Å². The van der Waals surface area contributed by atoms with Crippen LogP contribution in [-0.2, 0) is 4.79 Å². The van der Waals surface area contributed by atoms with Gasteiger partial charge in [0.05, 0.1) is 17.8 Å². The number of carbonyl (C=O) groups is 1. The van der Waals surface area contributed by atoms with Crippen LogP contribution in [-0.4, -0.2) is 82.8 Å². The highest BCUT2D eigenvalue weighted by Gasteiger charge is 2.34. The Balaban J connectivity index is 2.68. The van der Waals surface area contributed by atoms with E-state index in [1.807, 2.05) is 24.4 Å². The van der Waals surface area contributed by atoms with Crippen molar-refractivity contribution < 1.29 is 30.3 Å². The number of anilines is 1. The van der Waals surface area contributed by atoms with Gasteiger partial charge in [-0.3, -0.25) is 4.79 Å². The van der Waals surface area contributed by atoms with Crippen LogP contribution in [0.5, 0.6) is 0 Å². The molecule has 25 heavy (non-hydrogen) atoms. The van der Waals surface area contributed by atoms with Gasteiger partial charge in [-0.25, -0.2) is 5.43 Å². The minimum Gasteiger partial charge on any atom is -0.394 e. The second-order valence-electron chi connectivity index (χ2n) is 5.51. The SMILES string of the molecule is CN(C)c1ccc(/C=N/NC(=O)[C@@H](O)[C@H](O)[C@H](O)[C@H](O)CO)c(Cl)c1. The van der Waals surface area contributed by atoms with E-state index < -0.39 is 36.9 Å². The number of rotatable bonds is 8. The molecule has 0 radical (unpaired) electrons. The lowest BCUT2D eigenvalue weighted by Crippen LogP contribution is -2.50. The van der Waals surface area contributed by atoms with E-state index in [1.165, 1.54) is 6.21 Å². The Kier molecular flexibility index (Phi) is 8.23. The highest BCUT2D eigenvalue weighted by Crippen LogP contribution is 2.21. The van der Waals surface area contributed by atoms with Gasteiger partial charge < -0.3 is 30.4 Å². The maximum atomic E-state index is 11.7. The summed E-state index contributed by atoms with van der Waals surface area (Å²) in [5, 5.41) is 50.6. The number of nitrogens with zero attached hydrogens (tertiary/aromatic N) is 2. The minimum absolute atomic E-state index is 0.395. The summed E-state index contributed by atoms with van der Waals surface area (Å²) in [5.74, 6) is -1.10. The number of hydrazone groups is 1. The van der Waals surface area contributed by atoms with Gasteiger partial charge in [0.15, 0.2) is 6.10 Å². The lowest BCUT2D eigenvalue weighted by Gasteiger charge is -2.24. The van der Waals surface area contributed by atoms with Gasteiger partial charge in [-0.1, -0.05) is 11.6 Å². The third-order valence-electron chi connectivity index (χ3n) is 3.40. The molecule has 4 atom stereocenters. The molecule has 0 spiro atoms. The van der Waals surface area contributed by atoms with Crippen LogP contribution in [0.3, 0.4) is 0 Å². The van der Waals surface area contributed by atoms with Crippen LogP contribution in [0.1, 0.15) is 5.56 Å². The second kappa shape index (κ2) is 9.66. The molecule has 0 aliphatic rings. The molecule has 6 N–H and O–H groups in total. The van der Waals surface area contributed by atoms with Crippen molar-refractivity contribution in [3.63, 3.8) is 0 Å². The first-order valence-electron chi connectivity index (χ1n) is 7.32. The average molecular weight is 376 g/mol. The van der Waals surface area contributed by atoms with Crippen molar-refractivity contribution in [3.05, 3.63) is 28.8 Å². The maximum absolute atomic E-state index is 11.7. The van der Waals surface area contributed by atoms with Crippen LogP contribution in [0.15, 0.2) is 23.3 Å². The van der Waals surface area contributed by atoms with Crippen molar-refractivity contribution in [2.45, 2.75) is 24.4 Å². The van der Waals surface area contributed by atoms with Crippen LogP contribution in [0.25, 0.3) is 0 Å². The van der Waals surface area contributed by atoms with Gasteiger partial charge in [-0.15, -0.1) is 0 Å². The number of carbonyl (C=O) groups excluding carboxylic acids is 1. The van der Waals surface area contributed by atoms with E-state index >= 15 is 0 Å². The molecular weight excluding hydrogens is 354 g/mol. The monoisotopic (exact) mass is 375 g/mol. The van der Waals surface area contributed by atoms with E-state index in [0.717, 1.165) is 5.69 Å². The summed E-state index contributed by atoms with van der Waals surface area (Å²) in [4.78, 5) is 13.5. The molecule has 9 nitrogen and oxygen atoms in total. The Morgan fingerprint density at radius 3 is 2.44 bits per heavy atom. The van der Waals surface area contributed by atoms with E-state index in [9.17, 15) is 25.2 Å². The molecule has 1 amide bonds. The standard InChI is InChI=1S/C15H22ClN3O6/c1-19(2)9-4-3-8(10(16)5-9)6-17-18-15(25)14(24)13(23)12(22)11(21)7-20/h3-6,11-14,20-24H,7H2,1-2H3,(H,18,25)/b17-6+/t11-,12-,13-,14+/m1/s1. The summed E-state index contributed by atoms with van der Waals surface area (Å²) in [5.41, 5.74) is 3.37. The summed E-state index contributed by atoms with van der Waals surface area (Å²) in [6.45, 7) is -0.841. The first kappa shape index (κ1) is 21.3. The van der Waals surface area contributed by atoms with Crippen LogP contribution < -0.4 is 10.3 Å². The number of halogens is 1. The van der Waals surface area contributed by atoms with Gasteiger partial charge in [0.1, 0.15) is 18.3 Å². The highest BCUT2D eigenvalue weighted by molar-refractivity contribution is 6.33. The molecule has 10 heteroatoms. The van der Waals surface area contributed by atoms with Crippen molar-refractivity contribution in [2.24, 2.45) is 5.10 Å². The van der Waals surface area contributed by atoms with Crippen LogP contribution in [0.4, 0.5) is 5.69 Å². The fourth-order valence-electron chi connectivity index (χ4n) is 1.81. The summed E-state index contributed by atoms with van der Waals surface area (Å²) < 4.78 is 0. The molecular formula is C15H22ClN3O6. The number of hydrogen-bond donors (Lipinski definition) is 6. The molecule has 0 heterocycles. The molecule has 0 bridgehead atoms. The quantitative estimate of drug-likeness (QED) is 0.234. The number of aliphatic hydroxyl groups is 5. The van der Waals surface area contributed by atoms with E-state index in [2.05, 4.69) is 5.10 Å². The third-order valence-corrected chi connectivity index (χ3v) is 3.73. The zero-order chi connectivity index (χ0) is 19.1. The lowest BCUT2D eigenvalue weighted by molar-refractivity contribution is -0.148. The summed E-state index contributed by atoms with van der Waals surface area (Å²) in [7, 11) is 3.71. The van der Waals surface area contributed by atoms with E-state index in [4.69, 9.17) is 16.7 Å². The zero-order valence-electron chi connectivity index (χ0n) is 13.7. The molecule has 0 unspecified atom stereocenters. The molecule has 1 aromatic carbocycles. The van der Waals surface area contributed by atoms with E-state index in [1.54, 1.807) is 18.2 Å². The molecule has 0 fully saturated rings. The summed E-state index contributed by atoms with van der Waals surface area (Å²) in [6.07, 6.45) is -6.41. The van der Waals surface area contributed by atoms with Gasteiger partial charge in [-0.2, -0.15) is 5.10 Å². The molecule has 1 rings (SSSR count). The largest absolute Gasteiger partial charge is 0.394 e. The van der Waals surface area contributed by atoms with Crippen LogP contribution in [0, 0.1) is 0 Å². The minimum atomic E-state index is -2.06. The van der Waals surface area contributed by atoms with Gasteiger partial charge in [0, 0.05) is 25.3 Å². The lowest BCUT2D eigenvalue weighted by atomic mass is 10.0. The Hall–Kier alpha value is -1.75. The first-order valence-corrected chi connectivity index (χ1v) is 7.69. The third kappa shape index (κ3) is 5.92. The Bertz CT molecular complexity index is 613. The highest BCUT2D eigenvalue weighted by atomic mass is 35.5. The Labute approximate surface area is 149 Å². The fourth-order valence-corrected chi connectivity index (χ4v) is 2.03. The van der Waals surface area contributed by atoms with Crippen LogP contribution in [0.2, 0.25) is 5.02 Å². The zero-order valence-corrected chi connectivity index (χ0v) is 14.5.